The molecule has 2 nitrogen and oxygen atoms in total. The van der Waals surface area contributed by atoms with Crippen molar-refractivity contribution in [1.29, 1.82) is 0 Å². The summed E-state index contributed by atoms with van der Waals surface area (Å²) in [6.45, 7) is 0. The van der Waals surface area contributed by atoms with Crippen LogP contribution in [0.5, 0.6) is 5.75 Å². The van der Waals surface area contributed by atoms with Gasteiger partial charge in [0.05, 0.1) is 13.2 Å². The first-order valence-electron chi connectivity index (χ1n) is 5.46. The number of halogens is 2. The van der Waals surface area contributed by atoms with Crippen LogP contribution in [-0.2, 0) is 0 Å². The van der Waals surface area contributed by atoms with Crippen LogP contribution in [0.1, 0.15) is 17.2 Å². The molecule has 2 aromatic rings. The number of methoxy groups -OCH3 is 1. The molecule has 2 rings (SSSR count). The molecule has 0 fully saturated rings. The number of nitrogens with two attached hydrogens (primary N) is 1. The molecule has 0 aliphatic rings. The van der Waals surface area contributed by atoms with Gasteiger partial charge in [-0.25, -0.2) is 0 Å². The van der Waals surface area contributed by atoms with Crippen molar-refractivity contribution in [3.8, 4) is 5.75 Å². The number of benzene rings is 2. The lowest BCUT2D eigenvalue weighted by Crippen LogP contribution is -2.12. The van der Waals surface area contributed by atoms with Crippen LogP contribution in [-0.4, -0.2) is 7.11 Å². The van der Waals surface area contributed by atoms with Crippen molar-refractivity contribution >= 4 is 31.9 Å². The molecule has 4 heteroatoms. The molecule has 0 heterocycles. The summed E-state index contributed by atoms with van der Waals surface area (Å²) in [6.07, 6.45) is 0. The van der Waals surface area contributed by atoms with Gasteiger partial charge in [0.25, 0.3) is 0 Å². The van der Waals surface area contributed by atoms with Crippen LogP contribution in [0, 0.1) is 0 Å². The fraction of sp³-hybridized carbons (Fsp3) is 0.143. The van der Waals surface area contributed by atoms with Gasteiger partial charge in [0.15, 0.2) is 0 Å². The Labute approximate surface area is 123 Å². The Hall–Kier alpha value is -0.840. The largest absolute Gasteiger partial charge is 0.497 e. The van der Waals surface area contributed by atoms with E-state index >= 15 is 0 Å². The van der Waals surface area contributed by atoms with Crippen molar-refractivity contribution in [1.82, 2.24) is 0 Å². The lowest BCUT2D eigenvalue weighted by Gasteiger charge is -2.15. The Morgan fingerprint density at radius 2 is 1.72 bits per heavy atom. The second-order valence-electron chi connectivity index (χ2n) is 3.92. The summed E-state index contributed by atoms with van der Waals surface area (Å²) in [5.74, 6) is 0.833. The van der Waals surface area contributed by atoms with E-state index in [2.05, 4.69) is 31.9 Å². The second kappa shape index (κ2) is 5.87. The van der Waals surface area contributed by atoms with Gasteiger partial charge in [-0.3, -0.25) is 0 Å². The summed E-state index contributed by atoms with van der Waals surface area (Å²) in [5, 5.41) is 0. The van der Waals surface area contributed by atoms with Crippen LogP contribution >= 0.6 is 31.9 Å². The van der Waals surface area contributed by atoms with Gasteiger partial charge in [0, 0.05) is 8.95 Å². The minimum atomic E-state index is -0.164. The van der Waals surface area contributed by atoms with E-state index in [1.807, 2.05) is 42.5 Å². The number of rotatable bonds is 3. The molecule has 0 saturated heterocycles. The zero-order chi connectivity index (χ0) is 13.1. The van der Waals surface area contributed by atoms with E-state index in [9.17, 15) is 0 Å². The van der Waals surface area contributed by atoms with Crippen molar-refractivity contribution in [3.63, 3.8) is 0 Å². The first-order chi connectivity index (χ1) is 8.61. The summed E-state index contributed by atoms with van der Waals surface area (Å²) >= 11 is 6.99. The Balaban J connectivity index is 2.34. The fourth-order valence-corrected chi connectivity index (χ4v) is 2.62. The first kappa shape index (κ1) is 13.6. The maximum Gasteiger partial charge on any atom is 0.118 e. The maximum atomic E-state index is 6.29. The van der Waals surface area contributed by atoms with Crippen molar-refractivity contribution in [2.24, 2.45) is 5.73 Å². The minimum absolute atomic E-state index is 0.164. The van der Waals surface area contributed by atoms with Gasteiger partial charge in [-0.15, -0.1) is 0 Å². The highest BCUT2D eigenvalue weighted by atomic mass is 79.9. The lowest BCUT2D eigenvalue weighted by molar-refractivity contribution is 0.414. The molecule has 0 bridgehead atoms. The lowest BCUT2D eigenvalue weighted by atomic mass is 10.00. The third-order valence-corrected chi connectivity index (χ3v) is 3.98. The molecule has 2 N–H and O–H groups in total. The van der Waals surface area contributed by atoms with E-state index in [0.29, 0.717) is 0 Å². The molecule has 0 aliphatic heterocycles. The summed E-state index contributed by atoms with van der Waals surface area (Å²) in [4.78, 5) is 0. The van der Waals surface area contributed by atoms with Gasteiger partial charge in [-0.2, -0.15) is 0 Å². The average molecular weight is 371 g/mol. The SMILES string of the molecule is COc1ccc(C(N)c2cc(Br)ccc2Br)cc1. The standard InChI is InChI=1S/C14H13Br2NO/c1-18-11-5-2-9(3-6-11)14(17)12-8-10(15)4-7-13(12)16/h2-8,14H,17H2,1H3. The number of ether oxygens (including phenoxy) is 1. The highest BCUT2D eigenvalue weighted by molar-refractivity contribution is 9.11. The smallest absolute Gasteiger partial charge is 0.118 e. The van der Waals surface area contributed by atoms with E-state index in [-0.39, 0.29) is 6.04 Å². The van der Waals surface area contributed by atoms with E-state index in [1.165, 1.54) is 0 Å². The Morgan fingerprint density at radius 3 is 2.33 bits per heavy atom. The van der Waals surface area contributed by atoms with Crippen molar-refractivity contribution in [2.75, 3.05) is 7.11 Å². The minimum Gasteiger partial charge on any atom is -0.497 e. The van der Waals surface area contributed by atoms with Crippen LogP contribution in [0.25, 0.3) is 0 Å². The van der Waals surface area contributed by atoms with Crippen molar-refractivity contribution < 1.29 is 4.74 Å². The molecule has 1 unspecified atom stereocenters. The van der Waals surface area contributed by atoms with Crippen molar-refractivity contribution in [2.45, 2.75) is 6.04 Å². The molecule has 18 heavy (non-hydrogen) atoms. The second-order valence-corrected chi connectivity index (χ2v) is 5.69. The summed E-state index contributed by atoms with van der Waals surface area (Å²) in [6, 6.07) is 13.6. The zero-order valence-corrected chi connectivity index (χ0v) is 13.0. The van der Waals surface area contributed by atoms with Gasteiger partial charge in [-0.05, 0) is 41.5 Å². The molecule has 0 amide bonds. The van der Waals surface area contributed by atoms with Gasteiger partial charge < -0.3 is 10.5 Å². The average Bonchev–Trinajstić information content (AvgIpc) is 2.41. The molecule has 0 radical (unpaired) electrons. The molecule has 1 atom stereocenters. The van der Waals surface area contributed by atoms with E-state index < -0.39 is 0 Å². The van der Waals surface area contributed by atoms with E-state index in [0.717, 1.165) is 25.8 Å². The topological polar surface area (TPSA) is 35.2 Å². The Kier molecular flexibility index (Phi) is 4.43. The third kappa shape index (κ3) is 2.94. The zero-order valence-electron chi connectivity index (χ0n) is 9.86. The molecule has 94 valence electrons. The van der Waals surface area contributed by atoms with Crippen LogP contribution in [0.3, 0.4) is 0 Å². The van der Waals surface area contributed by atoms with Gasteiger partial charge >= 0.3 is 0 Å². The monoisotopic (exact) mass is 369 g/mol. The first-order valence-corrected chi connectivity index (χ1v) is 7.05. The molecule has 2 aromatic carbocycles. The molecular formula is C14H13Br2NO. The van der Waals surface area contributed by atoms with E-state index in [4.69, 9.17) is 10.5 Å². The Morgan fingerprint density at radius 1 is 1.06 bits per heavy atom. The summed E-state index contributed by atoms with van der Waals surface area (Å²) in [7, 11) is 1.65. The normalized spacial score (nSPS) is 12.2. The fourth-order valence-electron chi connectivity index (χ4n) is 1.74. The highest BCUT2D eigenvalue weighted by Gasteiger charge is 2.12. The number of hydrogen-bond acceptors (Lipinski definition) is 2. The van der Waals surface area contributed by atoms with Crippen LogP contribution in [0.4, 0.5) is 0 Å². The maximum absolute atomic E-state index is 6.29. The third-order valence-electron chi connectivity index (χ3n) is 2.77. The van der Waals surface area contributed by atoms with Crippen LogP contribution in [0.2, 0.25) is 0 Å². The quantitative estimate of drug-likeness (QED) is 0.875. The molecule has 0 spiro atoms. The van der Waals surface area contributed by atoms with E-state index in [1.54, 1.807) is 7.11 Å². The highest BCUT2D eigenvalue weighted by Crippen LogP contribution is 2.30. The molecule has 0 saturated carbocycles. The van der Waals surface area contributed by atoms with Gasteiger partial charge in [0.1, 0.15) is 5.75 Å². The van der Waals surface area contributed by atoms with Gasteiger partial charge in [-0.1, -0.05) is 44.0 Å². The summed E-state index contributed by atoms with van der Waals surface area (Å²) < 4.78 is 7.17. The molecule has 0 aliphatic carbocycles. The molecule has 0 aromatic heterocycles. The van der Waals surface area contributed by atoms with Crippen LogP contribution in [0.15, 0.2) is 51.4 Å². The predicted molar refractivity (Wildman–Crippen MR) is 80.9 cm³/mol. The Bertz CT molecular complexity index is 540. The molecular weight excluding hydrogens is 358 g/mol. The summed E-state index contributed by atoms with van der Waals surface area (Å²) in [5.41, 5.74) is 8.39. The van der Waals surface area contributed by atoms with Gasteiger partial charge in [0.2, 0.25) is 0 Å². The number of hydrogen-bond donors (Lipinski definition) is 1. The van der Waals surface area contributed by atoms with Crippen molar-refractivity contribution in [3.05, 3.63) is 62.5 Å². The predicted octanol–water partition coefficient (Wildman–Crippen LogP) is 4.27. The van der Waals surface area contributed by atoms with Crippen LogP contribution < -0.4 is 10.5 Å².